The highest BCUT2D eigenvalue weighted by Gasteiger charge is 2.07. The van der Waals surface area contributed by atoms with Gasteiger partial charge in [-0.05, 0) is 49.2 Å². The Balaban J connectivity index is 1.59. The van der Waals surface area contributed by atoms with Gasteiger partial charge >= 0.3 is 0 Å². The molecule has 0 aliphatic heterocycles. The molecule has 0 saturated carbocycles. The molecule has 0 aliphatic carbocycles. The minimum Gasteiger partial charge on any atom is -0.494 e. The Kier molecular flexibility index (Phi) is 7.76. The molecule has 1 heterocycles. The Morgan fingerprint density at radius 1 is 1.10 bits per heavy atom. The number of Topliss-reactive ketones (excluding diaryl/α,β-unsaturated/α-hetero) is 1. The molecule has 0 amide bonds. The smallest absolute Gasteiger partial charge is 0.158 e. The lowest BCUT2D eigenvalue weighted by molar-refractivity contribution is -0.121. The molecule has 0 bridgehead atoms. The predicted molar refractivity (Wildman–Crippen MR) is 118 cm³/mol. The summed E-state index contributed by atoms with van der Waals surface area (Å²) in [6.45, 7) is 0.237. The first-order valence-electron chi connectivity index (χ1n) is 10.0. The maximum absolute atomic E-state index is 11.1. The summed E-state index contributed by atoms with van der Waals surface area (Å²) in [4.78, 5) is 19.8. The number of aliphatic hydroxyl groups is 1. The zero-order valence-electron chi connectivity index (χ0n) is 16.8. The van der Waals surface area contributed by atoms with Crippen molar-refractivity contribution in [1.29, 1.82) is 0 Å². The molecule has 2 N–H and O–H groups in total. The van der Waals surface area contributed by atoms with Gasteiger partial charge in [-0.2, -0.15) is 0 Å². The van der Waals surface area contributed by atoms with E-state index in [0.717, 1.165) is 53.6 Å². The molecule has 0 spiro atoms. The van der Waals surface area contributed by atoms with Gasteiger partial charge in [0.1, 0.15) is 24.5 Å². The number of hydrogen-bond donors (Lipinski definition) is 2. The maximum Gasteiger partial charge on any atom is 0.158 e. The van der Waals surface area contributed by atoms with Crippen LogP contribution in [-0.4, -0.2) is 34.1 Å². The van der Waals surface area contributed by atoms with E-state index in [4.69, 9.17) is 16.3 Å². The third kappa shape index (κ3) is 6.03. The third-order valence-electron chi connectivity index (χ3n) is 4.69. The highest BCUT2D eigenvalue weighted by atomic mass is 16.5. The summed E-state index contributed by atoms with van der Waals surface area (Å²) in [5.74, 6) is 3.98. The van der Waals surface area contributed by atoms with Crippen LogP contribution in [0.3, 0.4) is 0 Å². The number of ether oxygens (including phenoxy) is 1. The zero-order valence-corrected chi connectivity index (χ0v) is 16.8. The van der Waals surface area contributed by atoms with Crippen molar-refractivity contribution < 1.29 is 14.6 Å². The average Bonchev–Trinajstić information content (AvgIpc) is 2.78. The molecule has 3 aromatic rings. The van der Waals surface area contributed by atoms with Crippen LogP contribution in [0.4, 0.5) is 11.5 Å². The van der Waals surface area contributed by atoms with Gasteiger partial charge in [0.2, 0.25) is 0 Å². The normalized spacial score (nSPS) is 10.5. The number of hydrogen-bond acceptors (Lipinski definition) is 6. The van der Waals surface area contributed by atoms with Crippen LogP contribution in [0, 0.1) is 12.3 Å². The van der Waals surface area contributed by atoms with Gasteiger partial charge < -0.3 is 15.2 Å². The third-order valence-corrected chi connectivity index (χ3v) is 4.69. The van der Waals surface area contributed by atoms with Gasteiger partial charge in [-0.25, -0.2) is 9.97 Å². The molecule has 2 aromatic carbocycles. The first-order valence-corrected chi connectivity index (χ1v) is 10.0. The molecule has 0 saturated heterocycles. The van der Waals surface area contributed by atoms with Gasteiger partial charge in [0.05, 0.1) is 12.1 Å². The topological polar surface area (TPSA) is 84.3 Å². The molecule has 1 aromatic heterocycles. The number of terminal acetylenes is 1. The molecule has 0 fully saturated rings. The van der Waals surface area contributed by atoms with Crippen LogP contribution in [0.2, 0.25) is 0 Å². The molecule has 0 aliphatic rings. The van der Waals surface area contributed by atoms with E-state index in [-0.39, 0.29) is 12.4 Å². The minimum atomic E-state index is -0.360. The van der Waals surface area contributed by atoms with Gasteiger partial charge in [0.15, 0.2) is 5.78 Å². The Bertz CT molecular complexity index is 1040. The number of carbonyl (C=O) groups is 1. The minimum absolute atomic E-state index is 0.0972. The van der Waals surface area contributed by atoms with Crippen LogP contribution in [-0.2, 0) is 4.79 Å². The highest BCUT2D eigenvalue weighted by Crippen LogP contribution is 2.27. The van der Waals surface area contributed by atoms with Crippen molar-refractivity contribution in [2.45, 2.75) is 32.1 Å². The van der Waals surface area contributed by atoms with E-state index in [1.54, 1.807) is 0 Å². The molecule has 30 heavy (non-hydrogen) atoms. The Morgan fingerprint density at radius 2 is 1.97 bits per heavy atom. The average molecular weight is 403 g/mol. The number of fused-ring (bicyclic) bond motifs is 1. The van der Waals surface area contributed by atoms with Gasteiger partial charge in [-0.15, -0.1) is 6.42 Å². The Hall–Kier alpha value is -3.43. The number of aromatic nitrogens is 2. The Morgan fingerprint density at radius 3 is 2.80 bits per heavy atom. The number of nitrogens with one attached hydrogen (secondary N) is 1. The van der Waals surface area contributed by atoms with E-state index in [1.165, 1.54) is 6.33 Å². The van der Waals surface area contributed by atoms with Gasteiger partial charge in [0, 0.05) is 23.1 Å². The van der Waals surface area contributed by atoms with Crippen LogP contribution >= 0.6 is 0 Å². The summed E-state index contributed by atoms with van der Waals surface area (Å²) >= 11 is 0. The summed E-state index contributed by atoms with van der Waals surface area (Å²) < 4.78 is 5.89. The number of aliphatic hydroxyl groups excluding tert-OH is 1. The quantitative estimate of drug-likeness (QED) is 0.368. The largest absolute Gasteiger partial charge is 0.494 e. The molecule has 6 heteroatoms. The molecule has 0 atom stereocenters. The van der Waals surface area contributed by atoms with Gasteiger partial charge in [0.25, 0.3) is 0 Å². The van der Waals surface area contributed by atoms with Crippen molar-refractivity contribution in [3.8, 4) is 18.1 Å². The fraction of sp³-hybridized carbons (Fsp3) is 0.292. The van der Waals surface area contributed by atoms with E-state index >= 15 is 0 Å². The second-order valence-corrected chi connectivity index (χ2v) is 6.96. The SMILES string of the molecule is C#Cc1cccc(Nc2ncnc3ccc(OCCCCCCC(=O)CO)cc23)c1. The maximum atomic E-state index is 11.1. The van der Waals surface area contributed by atoms with Crippen LogP contribution in [0.1, 0.15) is 37.7 Å². The zero-order chi connectivity index (χ0) is 21.2. The molecule has 0 unspecified atom stereocenters. The van der Waals surface area contributed by atoms with E-state index in [1.807, 2.05) is 42.5 Å². The number of anilines is 2. The lowest BCUT2D eigenvalue weighted by Gasteiger charge is -2.11. The summed E-state index contributed by atoms with van der Waals surface area (Å²) in [6, 6.07) is 13.3. The van der Waals surface area contributed by atoms with Crippen molar-refractivity contribution in [2.75, 3.05) is 18.5 Å². The monoisotopic (exact) mass is 403 g/mol. The van der Waals surface area contributed by atoms with Crippen molar-refractivity contribution in [2.24, 2.45) is 0 Å². The van der Waals surface area contributed by atoms with Crippen LogP contribution in [0.25, 0.3) is 10.9 Å². The van der Waals surface area contributed by atoms with E-state index < -0.39 is 0 Å². The fourth-order valence-corrected chi connectivity index (χ4v) is 3.10. The standard InChI is InChI=1S/C24H25N3O3/c1-2-18-8-7-9-19(14-18)27-24-22-15-21(11-12-23(22)25-17-26-24)30-13-6-4-3-5-10-20(29)16-28/h1,7-9,11-12,14-15,17,28H,3-6,10,13,16H2,(H,25,26,27). The Labute approximate surface area is 176 Å². The van der Waals surface area contributed by atoms with E-state index in [2.05, 4.69) is 21.2 Å². The molecular weight excluding hydrogens is 378 g/mol. The van der Waals surface area contributed by atoms with E-state index in [0.29, 0.717) is 18.8 Å². The summed E-state index contributed by atoms with van der Waals surface area (Å²) in [7, 11) is 0. The molecule has 6 nitrogen and oxygen atoms in total. The number of ketones is 1. The number of unbranched alkanes of at least 4 members (excludes halogenated alkanes) is 3. The van der Waals surface area contributed by atoms with Crippen LogP contribution < -0.4 is 10.1 Å². The molecule has 0 radical (unpaired) electrons. The molecule has 3 rings (SSSR count). The fourth-order valence-electron chi connectivity index (χ4n) is 3.10. The summed E-state index contributed by atoms with van der Waals surface area (Å²) in [5.41, 5.74) is 2.47. The second-order valence-electron chi connectivity index (χ2n) is 6.96. The van der Waals surface area contributed by atoms with Crippen LogP contribution in [0.15, 0.2) is 48.8 Å². The summed E-state index contributed by atoms with van der Waals surface area (Å²) in [6.07, 6.45) is 11.1. The predicted octanol–water partition coefficient (Wildman–Crippen LogP) is 4.25. The van der Waals surface area contributed by atoms with Crippen molar-refractivity contribution in [1.82, 2.24) is 9.97 Å². The van der Waals surface area contributed by atoms with Crippen molar-refractivity contribution >= 4 is 28.2 Å². The first kappa shape index (κ1) is 21.3. The van der Waals surface area contributed by atoms with Gasteiger partial charge in [-0.1, -0.05) is 24.8 Å². The van der Waals surface area contributed by atoms with Gasteiger partial charge in [-0.3, -0.25) is 4.79 Å². The molecular formula is C24H25N3O3. The van der Waals surface area contributed by atoms with E-state index in [9.17, 15) is 4.79 Å². The lowest BCUT2D eigenvalue weighted by atomic mass is 10.1. The van der Waals surface area contributed by atoms with Crippen molar-refractivity contribution in [3.05, 3.63) is 54.4 Å². The summed E-state index contributed by atoms with van der Waals surface area (Å²) in [5, 5.41) is 12.9. The lowest BCUT2D eigenvalue weighted by Crippen LogP contribution is -2.03. The number of rotatable bonds is 11. The number of carbonyl (C=O) groups excluding carboxylic acids is 1. The highest BCUT2D eigenvalue weighted by molar-refractivity contribution is 5.91. The number of benzene rings is 2. The molecule has 154 valence electrons. The first-order chi connectivity index (χ1) is 14.7. The second kappa shape index (κ2) is 10.9. The number of nitrogens with zero attached hydrogens (tertiary/aromatic N) is 2. The van der Waals surface area contributed by atoms with Crippen molar-refractivity contribution in [3.63, 3.8) is 0 Å². The van der Waals surface area contributed by atoms with Crippen LogP contribution in [0.5, 0.6) is 5.75 Å².